The highest BCUT2D eigenvalue weighted by molar-refractivity contribution is 5.97. The van der Waals surface area contributed by atoms with E-state index in [1.807, 2.05) is 0 Å². The lowest BCUT2D eigenvalue weighted by Gasteiger charge is -2.15. The van der Waals surface area contributed by atoms with Crippen LogP contribution in [-0.4, -0.2) is 36.2 Å². The molecule has 0 aliphatic heterocycles. The van der Waals surface area contributed by atoms with Gasteiger partial charge in [-0.1, -0.05) is 0 Å². The van der Waals surface area contributed by atoms with E-state index in [-0.39, 0.29) is 23.3 Å². The first-order valence-corrected chi connectivity index (χ1v) is 6.73. The van der Waals surface area contributed by atoms with Gasteiger partial charge >= 0.3 is 0 Å². The third-order valence-electron chi connectivity index (χ3n) is 3.86. The highest BCUT2D eigenvalue weighted by Crippen LogP contribution is 2.47. The van der Waals surface area contributed by atoms with E-state index in [2.05, 4.69) is 5.32 Å². The van der Waals surface area contributed by atoms with Crippen LogP contribution in [0.1, 0.15) is 29.6 Å². The number of carbonyl (C=O) groups excluding carboxylic acids is 1. The molecular formula is C14H18N2O5. The Kier molecular flexibility index (Phi) is 4.42. The molecule has 0 unspecified atom stereocenters. The molecule has 0 saturated heterocycles. The van der Waals surface area contributed by atoms with Crippen molar-refractivity contribution >= 4 is 11.6 Å². The molecule has 21 heavy (non-hydrogen) atoms. The van der Waals surface area contributed by atoms with Gasteiger partial charge in [0.15, 0.2) is 0 Å². The van der Waals surface area contributed by atoms with Crippen LogP contribution < -0.4 is 10.1 Å². The molecule has 1 fully saturated rings. The maximum atomic E-state index is 12.2. The summed E-state index contributed by atoms with van der Waals surface area (Å²) < 4.78 is 5.07. The number of aliphatic hydroxyl groups is 1. The average molecular weight is 294 g/mol. The van der Waals surface area contributed by atoms with E-state index >= 15 is 0 Å². The number of non-ortho nitro benzene ring substituents is 1. The first-order chi connectivity index (χ1) is 10.0. The topological polar surface area (TPSA) is 102 Å². The number of ether oxygens (including phenoxy) is 1. The normalized spacial score (nSPS) is 15.3. The summed E-state index contributed by atoms with van der Waals surface area (Å²) in [7, 11) is 1.41. The van der Waals surface area contributed by atoms with Crippen molar-refractivity contribution in [1.82, 2.24) is 5.32 Å². The van der Waals surface area contributed by atoms with Crippen molar-refractivity contribution in [1.29, 1.82) is 0 Å². The van der Waals surface area contributed by atoms with E-state index in [9.17, 15) is 14.9 Å². The molecule has 0 radical (unpaired) electrons. The van der Waals surface area contributed by atoms with Crippen LogP contribution in [0.25, 0.3) is 0 Å². The Morgan fingerprint density at radius 1 is 1.52 bits per heavy atom. The number of carbonyl (C=O) groups is 1. The highest BCUT2D eigenvalue weighted by Gasteiger charge is 2.42. The van der Waals surface area contributed by atoms with Crippen molar-refractivity contribution in [3.8, 4) is 5.75 Å². The fraction of sp³-hybridized carbons (Fsp3) is 0.500. The summed E-state index contributed by atoms with van der Waals surface area (Å²) in [5, 5.41) is 22.6. The van der Waals surface area contributed by atoms with Gasteiger partial charge in [0.2, 0.25) is 0 Å². The molecule has 1 aliphatic carbocycles. The van der Waals surface area contributed by atoms with E-state index in [0.29, 0.717) is 18.7 Å². The summed E-state index contributed by atoms with van der Waals surface area (Å²) in [5.74, 6) is -0.107. The molecule has 1 aromatic rings. The Balaban J connectivity index is 2.10. The number of rotatable bonds is 7. The van der Waals surface area contributed by atoms with Crippen molar-refractivity contribution in [2.24, 2.45) is 5.41 Å². The van der Waals surface area contributed by atoms with Crippen molar-refractivity contribution in [3.63, 3.8) is 0 Å². The minimum Gasteiger partial charge on any atom is -0.496 e. The highest BCUT2D eigenvalue weighted by atomic mass is 16.6. The Morgan fingerprint density at radius 3 is 2.76 bits per heavy atom. The zero-order valence-electron chi connectivity index (χ0n) is 11.8. The number of nitro groups is 1. The summed E-state index contributed by atoms with van der Waals surface area (Å²) in [6.45, 7) is 0.550. The predicted octanol–water partition coefficient (Wildman–Crippen LogP) is 1.50. The lowest BCUT2D eigenvalue weighted by atomic mass is 10.0. The Hall–Kier alpha value is -2.15. The van der Waals surface area contributed by atoms with Crippen LogP contribution in [0.5, 0.6) is 5.75 Å². The van der Waals surface area contributed by atoms with E-state index in [1.165, 1.54) is 25.3 Å². The van der Waals surface area contributed by atoms with Gasteiger partial charge in [0.25, 0.3) is 11.6 Å². The largest absolute Gasteiger partial charge is 0.496 e. The van der Waals surface area contributed by atoms with Crippen LogP contribution in [0.4, 0.5) is 5.69 Å². The monoisotopic (exact) mass is 294 g/mol. The Bertz CT molecular complexity index is 554. The molecule has 1 amide bonds. The molecule has 114 valence electrons. The molecule has 1 aromatic carbocycles. The van der Waals surface area contributed by atoms with Gasteiger partial charge < -0.3 is 15.2 Å². The van der Waals surface area contributed by atoms with Crippen molar-refractivity contribution in [3.05, 3.63) is 33.9 Å². The fourth-order valence-electron chi connectivity index (χ4n) is 2.28. The van der Waals surface area contributed by atoms with Gasteiger partial charge in [-0.15, -0.1) is 0 Å². The van der Waals surface area contributed by atoms with Gasteiger partial charge in [-0.2, -0.15) is 0 Å². The van der Waals surface area contributed by atoms with Gasteiger partial charge in [-0.05, 0) is 30.7 Å². The molecule has 0 aromatic heterocycles. The summed E-state index contributed by atoms with van der Waals surface area (Å²) in [6, 6.07) is 3.91. The second kappa shape index (κ2) is 6.09. The number of nitrogens with zero attached hydrogens (tertiary/aromatic N) is 1. The molecule has 1 aliphatic rings. The number of hydrogen-bond donors (Lipinski definition) is 2. The van der Waals surface area contributed by atoms with Crippen LogP contribution in [0, 0.1) is 15.5 Å². The SMILES string of the molecule is COc1ccc([N+](=O)[O-])cc1C(=O)NCC1(CCO)CC1. The third kappa shape index (κ3) is 3.49. The van der Waals surface area contributed by atoms with Crippen LogP contribution in [0.2, 0.25) is 0 Å². The van der Waals surface area contributed by atoms with Crippen LogP contribution >= 0.6 is 0 Å². The number of benzene rings is 1. The Labute approximate surface area is 122 Å². The first-order valence-electron chi connectivity index (χ1n) is 6.73. The van der Waals surface area contributed by atoms with Crippen LogP contribution in [-0.2, 0) is 0 Å². The molecule has 7 nitrogen and oxygen atoms in total. The summed E-state index contributed by atoms with van der Waals surface area (Å²) in [5.41, 5.74) is -0.0258. The predicted molar refractivity (Wildman–Crippen MR) is 75.4 cm³/mol. The molecule has 0 spiro atoms. The summed E-state index contributed by atoms with van der Waals surface area (Å²) in [6.07, 6.45) is 2.60. The summed E-state index contributed by atoms with van der Waals surface area (Å²) in [4.78, 5) is 22.4. The van der Waals surface area contributed by atoms with Gasteiger partial charge in [0.1, 0.15) is 5.75 Å². The van der Waals surface area contributed by atoms with Crippen LogP contribution in [0.3, 0.4) is 0 Å². The van der Waals surface area contributed by atoms with Gasteiger partial charge in [0.05, 0.1) is 17.6 Å². The molecule has 2 N–H and O–H groups in total. The zero-order chi connectivity index (χ0) is 15.5. The maximum absolute atomic E-state index is 12.2. The number of amides is 1. The maximum Gasteiger partial charge on any atom is 0.270 e. The lowest BCUT2D eigenvalue weighted by molar-refractivity contribution is -0.384. The second-order valence-corrected chi connectivity index (χ2v) is 5.30. The number of nitro benzene ring substituents is 1. The fourth-order valence-corrected chi connectivity index (χ4v) is 2.28. The van der Waals surface area contributed by atoms with E-state index in [4.69, 9.17) is 9.84 Å². The second-order valence-electron chi connectivity index (χ2n) is 5.30. The lowest BCUT2D eigenvalue weighted by Crippen LogP contribution is -2.31. The number of nitrogens with one attached hydrogen (secondary N) is 1. The van der Waals surface area contributed by atoms with Gasteiger partial charge in [-0.25, -0.2) is 0 Å². The quantitative estimate of drug-likeness (QED) is 0.586. The average Bonchev–Trinajstić information content (AvgIpc) is 3.24. The van der Waals surface area contributed by atoms with Gasteiger partial charge in [-0.3, -0.25) is 14.9 Å². The Morgan fingerprint density at radius 2 is 2.24 bits per heavy atom. The molecule has 0 atom stereocenters. The van der Waals surface area contributed by atoms with Crippen molar-refractivity contribution in [2.45, 2.75) is 19.3 Å². The molecule has 7 heteroatoms. The molecule has 1 saturated carbocycles. The molecule has 0 heterocycles. The number of hydrogen-bond acceptors (Lipinski definition) is 5. The van der Waals surface area contributed by atoms with Crippen LogP contribution in [0.15, 0.2) is 18.2 Å². The molecule has 2 rings (SSSR count). The van der Waals surface area contributed by atoms with E-state index < -0.39 is 10.8 Å². The minimum absolute atomic E-state index is 0.0155. The zero-order valence-corrected chi connectivity index (χ0v) is 11.8. The molecule has 0 bridgehead atoms. The minimum atomic E-state index is -0.551. The first kappa shape index (κ1) is 15.2. The third-order valence-corrected chi connectivity index (χ3v) is 3.86. The summed E-state index contributed by atoms with van der Waals surface area (Å²) >= 11 is 0. The number of methoxy groups -OCH3 is 1. The smallest absolute Gasteiger partial charge is 0.270 e. The van der Waals surface area contributed by atoms with E-state index in [0.717, 1.165) is 12.8 Å². The van der Waals surface area contributed by atoms with Crippen molar-refractivity contribution in [2.75, 3.05) is 20.3 Å². The van der Waals surface area contributed by atoms with Gasteiger partial charge in [0, 0.05) is 25.3 Å². The van der Waals surface area contributed by atoms with Crippen molar-refractivity contribution < 1.29 is 19.6 Å². The van der Waals surface area contributed by atoms with E-state index in [1.54, 1.807) is 0 Å². The standard InChI is InChI=1S/C14H18N2O5/c1-21-12-3-2-10(16(19)20)8-11(12)13(18)15-9-14(4-5-14)6-7-17/h2-3,8,17H,4-7,9H2,1H3,(H,15,18). The number of aliphatic hydroxyl groups excluding tert-OH is 1. The molecular weight excluding hydrogens is 276 g/mol.